The first-order valence-corrected chi connectivity index (χ1v) is 8.03. The van der Waals surface area contributed by atoms with E-state index in [1.165, 1.54) is 12.7 Å². The van der Waals surface area contributed by atoms with Crippen molar-refractivity contribution in [3.63, 3.8) is 0 Å². The number of hydrogen-bond acceptors (Lipinski definition) is 2. The smallest absolute Gasteiger partial charge is 0.149 e. The predicted molar refractivity (Wildman–Crippen MR) is 106 cm³/mol. The van der Waals surface area contributed by atoms with E-state index in [4.69, 9.17) is 0 Å². The van der Waals surface area contributed by atoms with E-state index in [-0.39, 0.29) is 5.75 Å². The molecule has 0 bridgehead atoms. The van der Waals surface area contributed by atoms with Gasteiger partial charge in [0.2, 0.25) is 0 Å². The number of phenols is 1. The van der Waals surface area contributed by atoms with Gasteiger partial charge in [0.1, 0.15) is 24.1 Å². The number of aliphatic imine (C=N–C) groups is 3. The van der Waals surface area contributed by atoms with Crippen molar-refractivity contribution in [2.75, 3.05) is 0 Å². The highest BCUT2D eigenvalue weighted by Gasteiger charge is 2.03. The lowest BCUT2D eigenvalue weighted by molar-refractivity contribution is 0.483. The normalized spacial score (nSPS) is 9.30. The first-order valence-electron chi connectivity index (χ1n) is 8.03. The van der Waals surface area contributed by atoms with E-state index in [0.717, 1.165) is 10.8 Å². The van der Waals surface area contributed by atoms with E-state index in [2.05, 4.69) is 21.7 Å². The van der Waals surface area contributed by atoms with Crippen LogP contribution in [0.15, 0.2) is 51.4 Å². The summed E-state index contributed by atoms with van der Waals surface area (Å²) in [6.45, 7) is 15.3. The molecule has 0 radical (unpaired) electrons. The molecule has 23 heavy (non-hydrogen) atoms. The minimum absolute atomic E-state index is 0.154. The van der Waals surface area contributed by atoms with Gasteiger partial charge in [0.05, 0.1) is 0 Å². The Balaban J connectivity index is 0. The number of benzene rings is 2. The van der Waals surface area contributed by atoms with Crippen LogP contribution in [0.2, 0.25) is 0 Å². The zero-order valence-corrected chi connectivity index (χ0v) is 15.1. The van der Waals surface area contributed by atoms with Gasteiger partial charge in [-0.3, -0.25) is 4.99 Å². The van der Waals surface area contributed by atoms with Gasteiger partial charge in [0, 0.05) is 5.39 Å². The second kappa shape index (κ2) is 15.9. The summed E-state index contributed by atoms with van der Waals surface area (Å²) in [5.74, 6) is 0.154. The summed E-state index contributed by atoms with van der Waals surface area (Å²) in [4.78, 5) is 11.2. The minimum Gasteiger partial charge on any atom is -0.505 e. The summed E-state index contributed by atoms with van der Waals surface area (Å²) in [6.07, 6.45) is 2.60. The molecule has 0 aliphatic rings. The highest BCUT2D eigenvalue weighted by atomic mass is 16.3. The molecule has 0 fully saturated rings. The first kappa shape index (κ1) is 22.8. The Bertz CT molecular complexity index is 605. The largest absolute Gasteiger partial charge is 0.505 e. The molecular weight excluding hydrogens is 286 g/mol. The lowest BCUT2D eigenvalue weighted by Crippen LogP contribution is -1.75. The maximum Gasteiger partial charge on any atom is 0.149 e. The van der Waals surface area contributed by atoms with Crippen molar-refractivity contribution in [1.29, 1.82) is 0 Å². The number of phenolic OH excluding ortho intramolecular Hbond substituents is 1. The van der Waals surface area contributed by atoms with Crippen LogP contribution in [0.1, 0.15) is 41.5 Å². The fourth-order valence-corrected chi connectivity index (χ4v) is 1.52. The van der Waals surface area contributed by atoms with Crippen LogP contribution in [0.25, 0.3) is 10.8 Å². The van der Waals surface area contributed by atoms with Crippen molar-refractivity contribution >= 4 is 35.9 Å². The molecule has 0 amide bonds. The summed E-state index contributed by atoms with van der Waals surface area (Å²) >= 11 is 0. The molecule has 4 nitrogen and oxygen atoms in total. The molecule has 2 aromatic rings. The van der Waals surface area contributed by atoms with Crippen LogP contribution < -0.4 is 0 Å². The van der Waals surface area contributed by atoms with Gasteiger partial charge >= 0.3 is 0 Å². The van der Waals surface area contributed by atoms with E-state index in [1.807, 2.05) is 71.9 Å². The summed E-state index contributed by atoms with van der Waals surface area (Å²) in [5, 5.41) is 11.7. The second-order valence-electron chi connectivity index (χ2n) is 3.35. The second-order valence-corrected chi connectivity index (χ2v) is 3.35. The van der Waals surface area contributed by atoms with Crippen molar-refractivity contribution in [3.05, 3.63) is 36.4 Å². The molecule has 2 aromatic carbocycles. The standard InChI is InChI=1S/C13H11N3O.3C2H6/c1-14-8-15-9-16-12-7-6-10-4-2-3-5-11(10)13(12)17;3*1-2/h2-9,17H,1H2;3*1-2H3. The lowest BCUT2D eigenvalue weighted by Gasteiger charge is -2.02. The Morgan fingerprint density at radius 1 is 0.870 bits per heavy atom. The van der Waals surface area contributed by atoms with Crippen LogP contribution in [0.3, 0.4) is 0 Å². The van der Waals surface area contributed by atoms with E-state index in [0.29, 0.717) is 5.69 Å². The maximum atomic E-state index is 10.0. The van der Waals surface area contributed by atoms with E-state index >= 15 is 0 Å². The highest BCUT2D eigenvalue weighted by Crippen LogP contribution is 2.34. The molecule has 0 unspecified atom stereocenters. The molecule has 0 saturated carbocycles. The van der Waals surface area contributed by atoms with E-state index < -0.39 is 0 Å². The van der Waals surface area contributed by atoms with Crippen LogP contribution in [0.4, 0.5) is 5.69 Å². The molecule has 0 heterocycles. The van der Waals surface area contributed by atoms with Crippen molar-refractivity contribution in [2.45, 2.75) is 41.5 Å². The zero-order valence-electron chi connectivity index (χ0n) is 15.1. The van der Waals surface area contributed by atoms with Crippen molar-refractivity contribution in [2.24, 2.45) is 15.0 Å². The minimum atomic E-state index is 0.154. The fraction of sp³-hybridized carbons (Fsp3) is 0.316. The molecule has 0 spiro atoms. The first-order chi connectivity index (χ1) is 11.3. The number of fused-ring (bicyclic) bond motifs is 1. The van der Waals surface area contributed by atoms with Crippen LogP contribution >= 0.6 is 0 Å². The van der Waals surface area contributed by atoms with Gasteiger partial charge in [0.15, 0.2) is 0 Å². The summed E-state index contributed by atoms with van der Waals surface area (Å²) in [6, 6.07) is 11.2. The SMILES string of the molecule is C=NC=NC=Nc1ccc2ccccc2c1O.CC.CC.CC. The fourth-order valence-electron chi connectivity index (χ4n) is 1.52. The van der Waals surface area contributed by atoms with Crippen LogP contribution in [0, 0.1) is 0 Å². The van der Waals surface area contributed by atoms with Crippen molar-refractivity contribution in [1.82, 2.24) is 0 Å². The average molecular weight is 315 g/mol. The van der Waals surface area contributed by atoms with Crippen LogP contribution in [-0.4, -0.2) is 24.5 Å². The molecule has 4 heteroatoms. The Kier molecular flexibility index (Phi) is 15.7. The van der Waals surface area contributed by atoms with Gasteiger partial charge in [-0.1, -0.05) is 71.9 Å². The third-order valence-electron chi connectivity index (χ3n) is 2.29. The molecule has 0 atom stereocenters. The van der Waals surface area contributed by atoms with Crippen molar-refractivity contribution in [3.8, 4) is 5.75 Å². The summed E-state index contributed by atoms with van der Waals surface area (Å²) in [7, 11) is 0. The average Bonchev–Trinajstić information content (AvgIpc) is 2.66. The van der Waals surface area contributed by atoms with Gasteiger partial charge in [-0.05, 0) is 18.2 Å². The van der Waals surface area contributed by atoms with E-state index in [1.54, 1.807) is 6.07 Å². The van der Waals surface area contributed by atoms with Gasteiger partial charge in [-0.25, -0.2) is 9.98 Å². The molecule has 2 rings (SSSR count). The molecule has 0 aliphatic carbocycles. The molecule has 0 aromatic heterocycles. The molecule has 126 valence electrons. The number of aromatic hydroxyl groups is 1. The Morgan fingerprint density at radius 3 is 2.09 bits per heavy atom. The van der Waals surface area contributed by atoms with Crippen molar-refractivity contribution < 1.29 is 5.11 Å². The van der Waals surface area contributed by atoms with Gasteiger partial charge in [-0.2, -0.15) is 0 Å². The number of hydrogen-bond donors (Lipinski definition) is 1. The third kappa shape index (κ3) is 7.90. The Labute approximate surface area is 140 Å². The Morgan fingerprint density at radius 2 is 1.48 bits per heavy atom. The predicted octanol–water partition coefficient (Wildman–Crippen LogP) is 6.01. The Hall–Kier alpha value is -2.49. The third-order valence-corrected chi connectivity index (χ3v) is 2.29. The lowest BCUT2D eigenvalue weighted by atomic mass is 10.1. The molecule has 0 aliphatic heterocycles. The van der Waals surface area contributed by atoms with Gasteiger partial charge in [-0.15, -0.1) is 0 Å². The van der Waals surface area contributed by atoms with Gasteiger partial charge < -0.3 is 5.11 Å². The number of rotatable bonds is 3. The molecular formula is C19H29N3O. The molecule has 1 N–H and O–H groups in total. The van der Waals surface area contributed by atoms with Gasteiger partial charge in [0.25, 0.3) is 0 Å². The summed E-state index contributed by atoms with van der Waals surface area (Å²) < 4.78 is 0. The van der Waals surface area contributed by atoms with Crippen LogP contribution in [-0.2, 0) is 0 Å². The topological polar surface area (TPSA) is 57.3 Å². The maximum absolute atomic E-state index is 10.0. The summed E-state index contributed by atoms with van der Waals surface area (Å²) in [5.41, 5.74) is 0.477. The molecule has 0 saturated heterocycles. The van der Waals surface area contributed by atoms with Crippen LogP contribution in [0.5, 0.6) is 5.75 Å². The zero-order chi connectivity index (χ0) is 18.1. The van der Waals surface area contributed by atoms with E-state index in [9.17, 15) is 5.11 Å². The highest BCUT2D eigenvalue weighted by molar-refractivity contribution is 5.93. The quantitative estimate of drug-likeness (QED) is 0.547. The monoisotopic (exact) mass is 315 g/mol. The number of nitrogens with zero attached hydrogens (tertiary/aromatic N) is 3.